The van der Waals surface area contributed by atoms with Crippen molar-refractivity contribution in [1.29, 1.82) is 0 Å². The number of aliphatic hydroxyl groups excluding tert-OH is 1. The Morgan fingerprint density at radius 3 is 2.71 bits per heavy atom. The molecule has 1 atom stereocenters. The van der Waals surface area contributed by atoms with Gasteiger partial charge in [0.05, 0.1) is 0 Å². The summed E-state index contributed by atoms with van der Waals surface area (Å²) in [5, 5.41) is 10.4. The standard InChI is InChI=1S/C13H12ClFOS/c1-2-8-6-7-11(17-8)13(16)12-9(14)4-3-5-10(12)15/h3-7,13,16H,2H2,1H3. The molecule has 0 amide bonds. The molecule has 2 rings (SSSR count). The van der Waals surface area contributed by atoms with Gasteiger partial charge in [-0.1, -0.05) is 24.6 Å². The third kappa shape index (κ3) is 2.51. The summed E-state index contributed by atoms with van der Waals surface area (Å²) in [7, 11) is 0. The molecule has 0 bridgehead atoms. The molecule has 1 heterocycles. The van der Waals surface area contributed by atoms with Gasteiger partial charge in [-0.25, -0.2) is 4.39 Å². The fraction of sp³-hybridized carbons (Fsp3) is 0.231. The van der Waals surface area contributed by atoms with Crippen molar-refractivity contribution in [2.24, 2.45) is 0 Å². The molecule has 1 aromatic heterocycles. The van der Waals surface area contributed by atoms with Gasteiger partial charge in [0.2, 0.25) is 0 Å². The van der Waals surface area contributed by atoms with Crippen molar-refractivity contribution in [3.8, 4) is 0 Å². The lowest BCUT2D eigenvalue weighted by atomic mass is 10.1. The summed E-state index contributed by atoms with van der Waals surface area (Å²) in [5.74, 6) is -0.476. The molecule has 4 heteroatoms. The zero-order chi connectivity index (χ0) is 12.4. The maximum absolute atomic E-state index is 13.6. The minimum atomic E-state index is -0.992. The predicted molar refractivity (Wildman–Crippen MR) is 69.2 cm³/mol. The first-order valence-corrected chi connectivity index (χ1v) is 6.53. The van der Waals surface area contributed by atoms with E-state index in [9.17, 15) is 9.50 Å². The molecule has 90 valence electrons. The van der Waals surface area contributed by atoms with Crippen LogP contribution in [0.5, 0.6) is 0 Å². The van der Waals surface area contributed by atoms with Crippen LogP contribution < -0.4 is 0 Å². The van der Waals surface area contributed by atoms with Crippen LogP contribution in [0.15, 0.2) is 30.3 Å². The molecule has 1 aromatic carbocycles. The van der Waals surface area contributed by atoms with Gasteiger partial charge < -0.3 is 5.11 Å². The molecule has 17 heavy (non-hydrogen) atoms. The third-order valence-electron chi connectivity index (χ3n) is 2.57. The highest BCUT2D eigenvalue weighted by Gasteiger charge is 2.19. The van der Waals surface area contributed by atoms with Crippen molar-refractivity contribution >= 4 is 22.9 Å². The summed E-state index contributed by atoms with van der Waals surface area (Å²) in [5.41, 5.74) is 0.152. The number of aliphatic hydroxyl groups is 1. The lowest BCUT2D eigenvalue weighted by Crippen LogP contribution is -2.01. The SMILES string of the molecule is CCc1ccc(C(O)c2c(F)cccc2Cl)s1. The lowest BCUT2D eigenvalue weighted by molar-refractivity contribution is 0.219. The summed E-state index contributed by atoms with van der Waals surface area (Å²) in [6.07, 6.45) is -0.0865. The van der Waals surface area contributed by atoms with Crippen molar-refractivity contribution in [3.05, 3.63) is 56.5 Å². The Kier molecular flexibility index (Phi) is 3.82. The van der Waals surface area contributed by atoms with Gasteiger partial charge in [-0.2, -0.15) is 0 Å². The molecule has 0 radical (unpaired) electrons. The number of halogens is 2. The summed E-state index contributed by atoms with van der Waals surface area (Å²) in [6, 6.07) is 8.17. The lowest BCUT2D eigenvalue weighted by Gasteiger charge is -2.11. The highest BCUT2D eigenvalue weighted by Crippen LogP contribution is 2.33. The molecule has 0 aliphatic carbocycles. The highest BCUT2D eigenvalue weighted by molar-refractivity contribution is 7.12. The Morgan fingerprint density at radius 2 is 2.12 bits per heavy atom. The Hall–Kier alpha value is -0.900. The molecule has 1 nitrogen and oxygen atoms in total. The number of benzene rings is 1. The van der Waals surface area contributed by atoms with Gasteiger partial charge in [0.25, 0.3) is 0 Å². The molecule has 0 fully saturated rings. The third-order valence-corrected chi connectivity index (χ3v) is 4.19. The van der Waals surface area contributed by atoms with E-state index in [4.69, 9.17) is 11.6 Å². The first kappa shape index (κ1) is 12.6. The van der Waals surface area contributed by atoms with Crippen LogP contribution in [-0.4, -0.2) is 5.11 Å². The molecule has 0 aliphatic rings. The topological polar surface area (TPSA) is 20.2 Å². The fourth-order valence-electron chi connectivity index (χ4n) is 1.65. The van der Waals surface area contributed by atoms with E-state index < -0.39 is 11.9 Å². The van der Waals surface area contributed by atoms with E-state index in [2.05, 4.69) is 0 Å². The number of rotatable bonds is 3. The van der Waals surface area contributed by atoms with Gasteiger partial charge in [-0.3, -0.25) is 0 Å². The second-order valence-electron chi connectivity index (χ2n) is 3.70. The summed E-state index contributed by atoms with van der Waals surface area (Å²) in [6.45, 7) is 2.04. The molecule has 0 saturated carbocycles. The van der Waals surface area contributed by atoms with E-state index in [0.717, 1.165) is 11.3 Å². The maximum Gasteiger partial charge on any atom is 0.130 e. The Balaban J connectivity index is 2.39. The number of thiophene rings is 1. The second kappa shape index (κ2) is 5.17. The van der Waals surface area contributed by atoms with E-state index >= 15 is 0 Å². The van der Waals surface area contributed by atoms with Crippen LogP contribution in [0.3, 0.4) is 0 Å². The zero-order valence-electron chi connectivity index (χ0n) is 9.28. The first-order chi connectivity index (χ1) is 8.13. The van der Waals surface area contributed by atoms with Crippen LogP contribution in [0.1, 0.15) is 28.3 Å². The smallest absolute Gasteiger partial charge is 0.130 e. The number of aryl methyl sites for hydroxylation is 1. The van der Waals surface area contributed by atoms with Crippen LogP contribution in [0.2, 0.25) is 5.02 Å². The van der Waals surface area contributed by atoms with Crippen molar-refractivity contribution in [1.82, 2.24) is 0 Å². The van der Waals surface area contributed by atoms with Gasteiger partial charge in [0.15, 0.2) is 0 Å². The van der Waals surface area contributed by atoms with Crippen LogP contribution in [0.4, 0.5) is 4.39 Å². The molecule has 1 N–H and O–H groups in total. The normalized spacial score (nSPS) is 12.7. The average molecular weight is 271 g/mol. The van der Waals surface area contributed by atoms with Crippen molar-refractivity contribution in [3.63, 3.8) is 0 Å². The molecule has 2 aromatic rings. The largest absolute Gasteiger partial charge is 0.383 e. The minimum absolute atomic E-state index is 0.152. The van der Waals surface area contributed by atoms with Gasteiger partial charge in [-0.15, -0.1) is 11.3 Å². The highest BCUT2D eigenvalue weighted by atomic mass is 35.5. The Labute approximate surface area is 108 Å². The van der Waals surface area contributed by atoms with Crippen LogP contribution in [0.25, 0.3) is 0 Å². The van der Waals surface area contributed by atoms with Gasteiger partial charge in [0, 0.05) is 20.3 Å². The first-order valence-electron chi connectivity index (χ1n) is 5.34. The van der Waals surface area contributed by atoms with Crippen LogP contribution in [-0.2, 0) is 6.42 Å². The molecule has 0 saturated heterocycles. The van der Waals surface area contributed by atoms with Crippen molar-refractivity contribution < 1.29 is 9.50 Å². The Bertz CT molecular complexity index is 504. The quantitative estimate of drug-likeness (QED) is 0.887. The van der Waals surface area contributed by atoms with E-state index in [-0.39, 0.29) is 10.6 Å². The predicted octanol–water partition coefficient (Wildman–Crippen LogP) is 4.18. The van der Waals surface area contributed by atoms with Crippen molar-refractivity contribution in [2.45, 2.75) is 19.4 Å². The number of hydrogen-bond acceptors (Lipinski definition) is 2. The molecular formula is C13H12ClFOS. The second-order valence-corrected chi connectivity index (χ2v) is 5.30. The van der Waals surface area contributed by atoms with E-state index in [1.165, 1.54) is 23.5 Å². The maximum atomic E-state index is 13.6. The molecular weight excluding hydrogens is 259 g/mol. The average Bonchev–Trinajstić information content (AvgIpc) is 2.77. The summed E-state index contributed by atoms with van der Waals surface area (Å²) in [4.78, 5) is 1.88. The van der Waals surface area contributed by atoms with E-state index in [1.807, 2.05) is 19.1 Å². The van der Waals surface area contributed by atoms with Gasteiger partial charge in [-0.05, 0) is 30.7 Å². The summed E-state index contributed by atoms with van der Waals surface area (Å²) >= 11 is 7.40. The van der Waals surface area contributed by atoms with Gasteiger partial charge >= 0.3 is 0 Å². The van der Waals surface area contributed by atoms with Crippen molar-refractivity contribution in [2.75, 3.05) is 0 Å². The monoisotopic (exact) mass is 270 g/mol. The molecule has 0 spiro atoms. The zero-order valence-corrected chi connectivity index (χ0v) is 10.9. The van der Waals surface area contributed by atoms with Crippen LogP contribution >= 0.6 is 22.9 Å². The fourth-order valence-corrected chi connectivity index (χ4v) is 2.86. The van der Waals surface area contributed by atoms with E-state index in [0.29, 0.717) is 4.88 Å². The molecule has 1 unspecified atom stereocenters. The minimum Gasteiger partial charge on any atom is -0.383 e. The number of hydrogen-bond donors (Lipinski definition) is 1. The summed E-state index contributed by atoms with van der Waals surface area (Å²) < 4.78 is 13.6. The van der Waals surface area contributed by atoms with Gasteiger partial charge in [0.1, 0.15) is 11.9 Å². The van der Waals surface area contributed by atoms with Crippen LogP contribution in [0, 0.1) is 5.82 Å². The Morgan fingerprint density at radius 1 is 1.35 bits per heavy atom. The van der Waals surface area contributed by atoms with E-state index in [1.54, 1.807) is 6.07 Å². The molecule has 0 aliphatic heterocycles.